The van der Waals surface area contributed by atoms with Crippen LogP contribution in [0, 0.1) is 0 Å². The molecule has 0 atom stereocenters. The van der Waals surface area contributed by atoms with Crippen molar-refractivity contribution in [1.29, 1.82) is 0 Å². The number of allylic oxidation sites excluding steroid dienone is 3. The molecule has 0 amide bonds. The topological polar surface area (TPSA) is 139 Å². The Morgan fingerprint density at radius 3 is 1.70 bits per heavy atom. The van der Waals surface area contributed by atoms with E-state index in [0.717, 1.165) is 6.08 Å². The van der Waals surface area contributed by atoms with Gasteiger partial charge in [0.25, 0.3) is 0 Å². The predicted molar refractivity (Wildman–Crippen MR) is 80.1 cm³/mol. The van der Waals surface area contributed by atoms with Gasteiger partial charge in [-0.1, -0.05) is 19.7 Å². The van der Waals surface area contributed by atoms with E-state index in [-0.39, 0.29) is 4.57 Å². The SMILES string of the molecule is C=CC(=O)CC(C(=O)C=C)(C(=O)C=C)n1c(=O)[nH]c(=O)[nH]c1=O. The van der Waals surface area contributed by atoms with Gasteiger partial charge in [-0.25, -0.2) is 19.0 Å². The van der Waals surface area contributed by atoms with Crippen molar-refractivity contribution >= 4 is 17.3 Å². The van der Waals surface area contributed by atoms with Crippen LogP contribution in [0.1, 0.15) is 6.42 Å². The summed E-state index contributed by atoms with van der Waals surface area (Å²) < 4.78 is 0.170. The Labute approximate surface area is 128 Å². The molecule has 0 spiro atoms. The highest BCUT2D eigenvalue weighted by molar-refractivity contribution is 6.19. The second kappa shape index (κ2) is 6.60. The minimum Gasteiger partial charge on any atom is -0.295 e. The van der Waals surface area contributed by atoms with Gasteiger partial charge in [0.15, 0.2) is 22.9 Å². The van der Waals surface area contributed by atoms with Gasteiger partial charge in [0.1, 0.15) is 0 Å². The standard InChI is InChI=1S/C14H13N3O6/c1-4-8(18)7-14(9(19)5-2,10(20)6-3)17-12(22)15-11(21)16-13(17)23/h4-6H,1-3,7H2,(H2,15,16,21,22,23). The molecule has 0 saturated heterocycles. The highest BCUT2D eigenvalue weighted by atomic mass is 16.2. The van der Waals surface area contributed by atoms with E-state index in [1.807, 2.05) is 0 Å². The van der Waals surface area contributed by atoms with Crippen molar-refractivity contribution in [3.05, 3.63) is 69.4 Å². The van der Waals surface area contributed by atoms with E-state index in [1.165, 1.54) is 0 Å². The van der Waals surface area contributed by atoms with E-state index in [2.05, 4.69) is 19.7 Å². The molecule has 2 N–H and O–H groups in total. The molecule has 120 valence electrons. The number of ketones is 3. The molecule has 1 rings (SSSR count). The Morgan fingerprint density at radius 1 is 0.913 bits per heavy atom. The number of carbonyl (C=O) groups excluding carboxylic acids is 3. The Kier molecular flexibility index (Phi) is 5.08. The van der Waals surface area contributed by atoms with Gasteiger partial charge in [0.2, 0.25) is 0 Å². The molecule has 0 fully saturated rings. The molecule has 1 heterocycles. The van der Waals surface area contributed by atoms with Gasteiger partial charge in [-0.2, -0.15) is 0 Å². The van der Waals surface area contributed by atoms with Crippen LogP contribution in [0.2, 0.25) is 0 Å². The molecule has 0 aromatic carbocycles. The summed E-state index contributed by atoms with van der Waals surface area (Å²) in [5.74, 6) is -2.96. The number of aromatic nitrogens is 3. The summed E-state index contributed by atoms with van der Waals surface area (Å²) in [6.07, 6.45) is 1.34. The lowest BCUT2D eigenvalue weighted by Gasteiger charge is -2.28. The minimum absolute atomic E-state index is 0.170. The first kappa shape index (κ1) is 17.7. The third kappa shape index (κ3) is 2.98. The summed E-state index contributed by atoms with van der Waals surface area (Å²) in [6.45, 7) is 9.62. The maximum absolute atomic E-state index is 12.3. The van der Waals surface area contributed by atoms with Gasteiger partial charge in [0.05, 0.1) is 0 Å². The number of H-pyrrole nitrogens is 2. The van der Waals surface area contributed by atoms with E-state index < -0.39 is 46.4 Å². The van der Waals surface area contributed by atoms with Crippen molar-refractivity contribution in [2.75, 3.05) is 0 Å². The highest BCUT2D eigenvalue weighted by Crippen LogP contribution is 2.23. The fourth-order valence-electron chi connectivity index (χ4n) is 2.03. The van der Waals surface area contributed by atoms with Crippen LogP contribution in [0.25, 0.3) is 0 Å². The van der Waals surface area contributed by atoms with E-state index in [4.69, 9.17) is 0 Å². The molecule has 0 saturated carbocycles. The third-order valence-electron chi connectivity index (χ3n) is 3.07. The quantitative estimate of drug-likeness (QED) is 0.445. The van der Waals surface area contributed by atoms with Crippen LogP contribution in [0.3, 0.4) is 0 Å². The molecular weight excluding hydrogens is 306 g/mol. The number of hydrogen-bond donors (Lipinski definition) is 2. The number of nitrogens with zero attached hydrogens (tertiary/aromatic N) is 1. The summed E-state index contributed by atoms with van der Waals surface area (Å²) >= 11 is 0. The Balaban J connectivity index is 4.00. The van der Waals surface area contributed by atoms with E-state index >= 15 is 0 Å². The largest absolute Gasteiger partial charge is 0.334 e. The molecule has 9 nitrogen and oxygen atoms in total. The molecule has 0 aliphatic rings. The van der Waals surface area contributed by atoms with E-state index in [1.54, 1.807) is 9.97 Å². The zero-order valence-electron chi connectivity index (χ0n) is 12.0. The zero-order valence-corrected chi connectivity index (χ0v) is 12.0. The first-order valence-corrected chi connectivity index (χ1v) is 6.19. The second-order valence-electron chi connectivity index (χ2n) is 4.37. The lowest BCUT2D eigenvalue weighted by Crippen LogP contribution is -2.60. The van der Waals surface area contributed by atoms with Crippen LogP contribution >= 0.6 is 0 Å². The van der Waals surface area contributed by atoms with Crippen LogP contribution < -0.4 is 17.1 Å². The number of nitrogens with one attached hydrogen (secondary N) is 2. The zero-order chi connectivity index (χ0) is 17.8. The van der Waals surface area contributed by atoms with Gasteiger partial charge >= 0.3 is 17.1 Å². The van der Waals surface area contributed by atoms with Crippen molar-refractivity contribution in [3.63, 3.8) is 0 Å². The number of carbonyl (C=O) groups is 3. The molecule has 0 bridgehead atoms. The van der Waals surface area contributed by atoms with Gasteiger partial charge < -0.3 is 0 Å². The molecule has 1 aromatic heterocycles. The monoisotopic (exact) mass is 319 g/mol. The summed E-state index contributed by atoms with van der Waals surface area (Å²) in [7, 11) is 0. The number of hydrogen-bond acceptors (Lipinski definition) is 6. The van der Waals surface area contributed by atoms with Gasteiger partial charge in [-0.3, -0.25) is 24.4 Å². The van der Waals surface area contributed by atoms with Crippen molar-refractivity contribution in [1.82, 2.24) is 14.5 Å². The summed E-state index contributed by atoms with van der Waals surface area (Å²) in [5, 5.41) is 0. The molecule has 0 unspecified atom stereocenters. The summed E-state index contributed by atoms with van der Waals surface area (Å²) in [4.78, 5) is 74.9. The Bertz CT molecular complexity index is 829. The van der Waals surface area contributed by atoms with E-state index in [9.17, 15) is 28.8 Å². The molecule has 0 aliphatic carbocycles. The fourth-order valence-corrected chi connectivity index (χ4v) is 2.03. The maximum Gasteiger partial charge on any atom is 0.334 e. The second-order valence-corrected chi connectivity index (χ2v) is 4.37. The van der Waals surface area contributed by atoms with E-state index in [0.29, 0.717) is 12.2 Å². The van der Waals surface area contributed by atoms with Crippen molar-refractivity contribution in [2.45, 2.75) is 12.0 Å². The first-order valence-electron chi connectivity index (χ1n) is 6.19. The van der Waals surface area contributed by atoms with Crippen molar-refractivity contribution in [3.8, 4) is 0 Å². The van der Waals surface area contributed by atoms with Gasteiger partial charge in [0, 0.05) is 6.42 Å². The van der Waals surface area contributed by atoms with Crippen molar-refractivity contribution in [2.24, 2.45) is 0 Å². The fraction of sp³-hybridized carbons (Fsp3) is 0.143. The third-order valence-corrected chi connectivity index (χ3v) is 3.07. The number of aromatic amines is 2. The summed E-state index contributed by atoms with van der Waals surface area (Å²) in [6, 6.07) is 0. The average Bonchev–Trinajstić information content (AvgIpc) is 2.50. The summed E-state index contributed by atoms with van der Waals surface area (Å²) in [5.41, 5.74) is -6.33. The lowest BCUT2D eigenvalue weighted by molar-refractivity contribution is -0.138. The minimum atomic E-state index is -2.54. The molecule has 9 heteroatoms. The van der Waals surface area contributed by atoms with Crippen LogP contribution in [-0.4, -0.2) is 31.9 Å². The van der Waals surface area contributed by atoms with Gasteiger partial charge in [-0.05, 0) is 18.2 Å². The van der Waals surface area contributed by atoms with Crippen LogP contribution in [-0.2, 0) is 19.9 Å². The van der Waals surface area contributed by atoms with Gasteiger partial charge in [-0.15, -0.1) is 0 Å². The molecule has 0 radical (unpaired) electrons. The molecular formula is C14H13N3O6. The molecule has 23 heavy (non-hydrogen) atoms. The average molecular weight is 319 g/mol. The normalized spacial score (nSPS) is 10.6. The van der Waals surface area contributed by atoms with Crippen LogP contribution in [0.15, 0.2) is 52.3 Å². The Hall–Kier alpha value is -3.36. The number of rotatable bonds is 8. The smallest absolute Gasteiger partial charge is 0.295 e. The maximum atomic E-state index is 12.3. The predicted octanol–water partition coefficient (Wildman–Crippen LogP) is -1.42. The molecule has 0 aliphatic heterocycles. The van der Waals surface area contributed by atoms with Crippen molar-refractivity contribution < 1.29 is 14.4 Å². The van der Waals surface area contributed by atoms with Crippen LogP contribution in [0.5, 0.6) is 0 Å². The highest BCUT2D eigenvalue weighted by Gasteiger charge is 2.48. The van der Waals surface area contributed by atoms with Crippen LogP contribution in [0.4, 0.5) is 0 Å². The Morgan fingerprint density at radius 2 is 1.35 bits per heavy atom. The molecule has 1 aromatic rings. The lowest BCUT2D eigenvalue weighted by atomic mass is 9.83. The first-order chi connectivity index (χ1) is 10.7.